The number of hydrogen-bond donors (Lipinski definition) is 2. The van der Waals surface area contributed by atoms with Gasteiger partial charge in [-0.25, -0.2) is 8.78 Å². The maximum Gasteiger partial charge on any atom is 0.282 e. The molecule has 0 unspecified atom stereocenters. The molecule has 3 nitrogen and oxygen atoms in total. The Balaban J connectivity index is 2.19. The molecule has 0 amide bonds. The predicted octanol–water partition coefficient (Wildman–Crippen LogP) is 0.897. The Morgan fingerprint density at radius 2 is 2.14 bits per heavy atom. The normalized spacial score (nSPS) is 19.0. The van der Waals surface area contributed by atoms with E-state index in [2.05, 4.69) is 11.4 Å². The van der Waals surface area contributed by atoms with Gasteiger partial charge in [0.15, 0.2) is 0 Å². The fourth-order valence-electron chi connectivity index (χ4n) is 1.33. The average Bonchev–Trinajstić information content (AvgIpc) is 2.86. The van der Waals surface area contributed by atoms with Crippen LogP contribution in [0.25, 0.3) is 0 Å². The third-order valence-electron chi connectivity index (χ3n) is 2.53. The molecule has 1 saturated carbocycles. The van der Waals surface area contributed by atoms with E-state index in [-0.39, 0.29) is 5.41 Å². The van der Waals surface area contributed by atoms with Gasteiger partial charge in [0.05, 0.1) is 12.6 Å². The number of aliphatic hydroxyl groups is 1. The molecule has 0 atom stereocenters. The van der Waals surface area contributed by atoms with Crippen molar-refractivity contribution in [3.63, 3.8) is 0 Å². The lowest BCUT2D eigenvalue weighted by atomic mass is 10.0. The van der Waals surface area contributed by atoms with Crippen molar-refractivity contribution < 1.29 is 13.9 Å². The molecule has 0 aromatic heterocycles. The Hall–Kier alpha value is -0.730. The van der Waals surface area contributed by atoms with Crippen LogP contribution >= 0.6 is 0 Å². The molecule has 0 radical (unpaired) electrons. The summed E-state index contributed by atoms with van der Waals surface area (Å²) in [6, 6.07) is 2.06. The van der Waals surface area contributed by atoms with Crippen molar-refractivity contribution in [2.45, 2.75) is 25.2 Å². The number of alkyl halides is 2. The van der Waals surface area contributed by atoms with Crippen LogP contribution < -0.4 is 5.32 Å². The summed E-state index contributed by atoms with van der Waals surface area (Å²) in [6.45, 7) is -1.21. The second kappa shape index (κ2) is 4.20. The molecule has 80 valence electrons. The first-order valence-electron chi connectivity index (χ1n) is 4.60. The van der Waals surface area contributed by atoms with Crippen molar-refractivity contribution >= 4 is 0 Å². The van der Waals surface area contributed by atoms with Crippen molar-refractivity contribution in [3.8, 4) is 6.07 Å². The fourth-order valence-corrected chi connectivity index (χ4v) is 1.33. The molecule has 1 aliphatic carbocycles. The summed E-state index contributed by atoms with van der Waals surface area (Å²) in [5, 5.41) is 19.4. The summed E-state index contributed by atoms with van der Waals surface area (Å²) in [5.74, 6) is -3.05. The van der Waals surface area contributed by atoms with Crippen molar-refractivity contribution in [3.05, 3.63) is 0 Å². The highest BCUT2D eigenvalue weighted by molar-refractivity contribution is 5.00. The Morgan fingerprint density at radius 1 is 1.50 bits per heavy atom. The van der Waals surface area contributed by atoms with Crippen LogP contribution in [0.15, 0.2) is 0 Å². The second-order valence-electron chi connectivity index (χ2n) is 3.95. The maximum absolute atomic E-state index is 12.6. The fraction of sp³-hybridized carbons (Fsp3) is 0.889. The molecule has 0 aliphatic heterocycles. The molecule has 0 spiro atoms. The third-order valence-corrected chi connectivity index (χ3v) is 2.53. The highest BCUT2D eigenvalue weighted by atomic mass is 19.3. The number of halogens is 2. The van der Waals surface area contributed by atoms with E-state index >= 15 is 0 Å². The highest BCUT2D eigenvalue weighted by Gasteiger charge is 2.42. The quantitative estimate of drug-likeness (QED) is 0.675. The van der Waals surface area contributed by atoms with E-state index in [1.54, 1.807) is 0 Å². The zero-order valence-electron chi connectivity index (χ0n) is 7.89. The Bertz CT molecular complexity index is 233. The van der Waals surface area contributed by atoms with Gasteiger partial charge >= 0.3 is 0 Å². The number of aliphatic hydroxyl groups excluding tert-OH is 1. The van der Waals surface area contributed by atoms with Crippen LogP contribution in [0.2, 0.25) is 0 Å². The monoisotopic (exact) mass is 204 g/mol. The number of nitrogens with zero attached hydrogens (tertiary/aromatic N) is 1. The average molecular weight is 204 g/mol. The van der Waals surface area contributed by atoms with Gasteiger partial charge in [-0.05, 0) is 18.3 Å². The molecule has 0 bridgehead atoms. The molecular formula is C9H14F2N2O. The second-order valence-corrected chi connectivity index (χ2v) is 3.95. The third kappa shape index (κ3) is 3.20. The lowest BCUT2D eigenvalue weighted by molar-refractivity contribution is -0.0481. The van der Waals surface area contributed by atoms with E-state index in [0.29, 0.717) is 13.0 Å². The van der Waals surface area contributed by atoms with Crippen LogP contribution in [-0.4, -0.2) is 30.7 Å². The predicted molar refractivity (Wildman–Crippen MR) is 46.8 cm³/mol. The van der Waals surface area contributed by atoms with Gasteiger partial charge in [0.25, 0.3) is 5.92 Å². The largest absolute Gasteiger partial charge is 0.390 e. The summed E-state index contributed by atoms with van der Waals surface area (Å²) in [7, 11) is 0. The van der Waals surface area contributed by atoms with E-state index in [0.717, 1.165) is 12.8 Å². The smallest absolute Gasteiger partial charge is 0.282 e. The van der Waals surface area contributed by atoms with Gasteiger partial charge in [-0.2, -0.15) is 5.26 Å². The topological polar surface area (TPSA) is 56.0 Å². The first-order chi connectivity index (χ1) is 6.54. The van der Waals surface area contributed by atoms with Crippen molar-refractivity contribution in [1.29, 1.82) is 5.26 Å². The minimum Gasteiger partial charge on any atom is -0.390 e. The Morgan fingerprint density at radius 3 is 2.57 bits per heavy atom. The SMILES string of the molecule is N#CCC1(CNCC(F)(F)CO)CC1. The minimum absolute atomic E-state index is 0.0692. The van der Waals surface area contributed by atoms with Gasteiger partial charge < -0.3 is 10.4 Å². The first-order valence-corrected chi connectivity index (χ1v) is 4.60. The van der Waals surface area contributed by atoms with Gasteiger partial charge in [-0.3, -0.25) is 0 Å². The van der Waals surface area contributed by atoms with Crippen LogP contribution in [-0.2, 0) is 0 Å². The van der Waals surface area contributed by atoms with E-state index < -0.39 is 19.1 Å². The number of nitriles is 1. The van der Waals surface area contributed by atoms with E-state index in [4.69, 9.17) is 10.4 Å². The first kappa shape index (κ1) is 11.3. The number of nitrogens with one attached hydrogen (secondary N) is 1. The molecule has 1 rings (SSSR count). The van der Waals surface area contributed by atoms with E-state index in [9.17, 15) is 8.78 Å². The van der Waals surface area contributed by atoms with Crippen molar-refractivity contribution in [2.24, 2.45) is 5.41 Å². The molecule has 2 N–H and O–H groups in total. The van der Waals surface area contributed by atoms with Gasteiger partial charge in [-0.15, -0.1) is 0 Å². The number of hydrogen-bond acceptors (Lipinski definition) is 3. The zero-order valence-corrected chi connectivity index (χ0v) is 7.89. The van der Waals surface area contributed by atoms with Crippen LogP contribution in [0.3, 0.4) is 0 Å². The minimum atomic E-state index is -3.05. The summed E-state index contributed by atoms with van der Waals surface area (Å²) in [6.07, 6.45) is 2.28. The molecule has 5 heteroatoms. The van der Waals surface area contributed by atoms with Crippen LogP contribution in [0, 0.1) is 16.7 Å². The van der Waals surface area contributed by atoms with Gasteiger partial charge in [0, 0.05) is 13.0 Å². The van der Waals surface area contributed by atoms with Crippen molar-refractivity contribution in [2.75, 3.05) is 19.7 Å². The molecule has 1 aliphatic rings. The lowest BCUT2D eigenvalue weighted by Gasteiger charge is -2.17. The standard InChI is InChI=1S/C9H14F2N2O/c10-9(11,7-14)6-13-5-8(1-2-8)3-4-12/h13-14H,1-3,5-7H2. The van der Waals surface area contributed by atoms with Crippen LogP contribution in [0.4, 0.5) is 8.78 Å². The number of rotatable bonds is 6. The van der Waals surface area contributed by atoms with E-state index in [1.165, 1.54) is 0 Å². The van der Waals surface area contributed by atoms with Crippen LogP contribution in [0.5, 0.6) is 0 Å². The summed E-state index contributed by atoms with van der Waals surface area (Å²) in [5.41, 5.74) is -0.0692. The molecule has 1 fully saturated rings. The Labute approximate surface area is 81.7 Å². The molecule has 0 aromatic carbocycles. The maximum atomic E-state index is 12.6. The van der Waals surface area contributed by atoms with Crippen molar-refractivity contribution in [1.82, 2.24) is 5.32 Å². The molecular weight excluding hydrogens is 190 g/mol. The van der Waals surface area contributed by atoms with E-state index in [1.807, 2.05) is 0 Å². The Kier molecular flexibility index (Phi) is 3.40. The van der Waals surface area contributed by atoms with Gasteiger partial charge in [0.2, 0.25) is 0 Å². The summed E-state index contributed by atoms with van der Waals surface area (Å²) >= 11 is 0. The van der Waals surface area contributed by atoms with Crippen LogP contribution in [0.1, 0.15) is 19.3 Å². The molecule has 14 heavy (non-hydrogen) atoms. The molecule has 0 saturated heterocycles. The molecule has 0 aromatic rings. The zero-order chi connectivity index (χ0) is 10.7. The van der Waals surface area contributed by atoms with Gasteiger partial charge in [0.1, 0.15) is 6.61 Å². The highest BCUT2D eigenvalue weighted by Crippen LogP contribution is 2.47. The summed E-state index contributed by atoms with van der Waals surface area (Å²) < 4.78 is 25.1. The molecule has 0 heterocycles. The van der Waals surface area contributed by atoms with Gasteiger partial charge in [-0.1, -0.05) is 0 Å². The summed E-state index contributed by atoms with van der Waals surface area (Å²) in [4.78, 5) is 0. The lowest BCUT2D eigenvalue weighted by Crippen LogP contribution is -2.38.